The number of nitrogens with zero attached hydrogens (tertiary/aromatic N) is 2. The Bertz CT molecular complexity index is 421. The van der Waals surface area contributed by atoms with Gasteiger partial charge in [-0.1, -0.05) is 38.8 Å². The predicted molar refractivity (Wildman–Crippen MR) is 70.9 cm³/mol. The molecule has 0 saturated carbocycles. The number of ether oxygens (including phenoxy) is 1. The van der Waals surface area contributed by atoms with Crippen LogP contribution < -0.4 is 0 Å². The quantitative estimate of drug-likeness (QED) is 0.767. The van der Waals surface area contributed by atoms with Gasteiger partial charge in [0.1, 0.15) is 5.82 Å². The van der Waals surface area contributed by atoms with Crippen molar-refractivity contribution < 1.29 is 9.53 Å². The summed E-state index contributed by atoms with van der Waals surface area (Å²) >= 11 is 5.93. The molecule has 0 radical (unpaired) electrons. The van der Waals surface area contributed by atoms with E-state index in [9.17, 15) is 4.79 Å². The van der Waals surface area contributed by atoms with E-state index in [1.807, 2.05) is 27.7 Å². The molecule has 1 heterocycles. The van der Waals surface area contributed by atoms with Crippen LogP contribution in [0.2, 0.25) is 5.02 Å². The Kier molecular flexibility index (Phi) is 5.54. The van der Waals surface area contributed by atoms with Crippen molar-refractivity contribution in [2.24, 2.45) is 0 Å². The summed E-state index contributed by atoms with van der Waals surface area (Å²) in [7, 11) is 0. The lowest BCUT2D eigenvalue weighted by Gasteiger charge is -2.13. The van der Waals surface area contributed by atoms with E-state index in [1.54, 1.807) is 0 Å². The van der Waals surface area contributed by atoms with Gasteiger partial charge in [0.15, 0.2) is 5.69 Å². The lowest BCUT2D eigenvalue weighted by Crippen LogP contribution is -2.17. The monoisotopic (exact) mass is 270 g/mol. The molecule has 1 aromatic rings. The third-order valence-electron chi connectivity index (χ3n) is 2.48. The van der Waals surface area contributed by atoms with E-state index < -0.39 is 5.97 Å². The normalized spacial score (nSPS) is 12.6. The molecule has 1 unspecified atom stereocenters. The zero-order valence-corrected chi connectivity index (χ0v) is 12.0. The number of carbonyl (C=O) groups excluding carboxylic acids is 1. The van der Waals surface area contributed by atoms with Gasteiger partial charge in [-0.05, 0) is 13.3 Å². The van der Waals surface area contributed by atoms with Crippen molar-refractivity contribution in [1.29, 1.82) is 0 Å². The number of carbonyl (C=O) groups is 1. The molecule has 1 aromatic heterocycles. The summed E-state index contributed by atoms with van der Waals surface area (Å²) < 4.78 is 5.28. The molecule has 5 heteroatoms. The van der Waals surface area contributed by atoms with Gasteiger partial charge in [0.25, 0.3) is 0 Å². The maximum Gasteiger partial charge on any atom is 0.358 e. The second-order valence-electron chi connectivity index (χ2n) is 4.58. The van der Waals surface area contributed by atoms with Gasteiger partial charge < -0.3 is 4.74 Å². The molecule has 0 N–H and O–H groups in total. The van der Waals surface area contributed by atoms with E-state index >= 15 is 0 Å². The zero-order valence-electron chi connectivity index (χ0n) is 11.2. The number of aromatic nitrogens is 2. The fourth-order valence-electron chi connectivity index (χ4n) is 1.51. The Morgan fingerprint density at radius 2 is 2.11 bits per heavy atom. The highest BCUT2D eigenvalue weighted by molar-refractivity contribution is 6.33. The van der Waals surface area contributed by atoms with Gasteiger partial charge in [0.2, 0.25) is 0 Å². The summed E-state index contributed by atoms with van der Waals surface area (Å²) in [5.41, 5.74) is 0.151. The molecule has 1 rings (SSSR count). The van der Waals surface area contributed by atoms with Gasteiger partial charge in [-0.25, -0.2) is 14.8 Å². The van der Waals surface area contributed by atoms with Crippen molar-refractivity contribution in [1.82, 2.24) is 9.97 Å². The van der Waals surface area contributed by atoms with Crippen LogP contribution in [0.3, 0.4) is 0 Å². The van der Waals surface area contributed by atoms with Gasteiger partial charge >= 0.3 is 5.97 Å². The van der Waals surface area contributed by atoms with E-state index in [2.05, 4.69) is 9.97 Å². The van der Waals surface area contributed by atoms with Crippen molar-refractivity contribution in [2.45, 2.75) is 52.6 Å². The first kappa shape index (κ1) is 14.9. The number of hydrogen-bond acceptors (Lipinski definition) is 4. The van der Waals surface area contributed by atoms with Gasteiger partial charge in [0.05, 0.1) is 17.3 Å². The summed E-state index contributed by atoms with van der Waals surface area (Å²) in [6.07, 6.45) is 3.11. The fraction of sp³-hybridized carbons (Fsp3) is 0.615. The second-order valence-corrected chi connectivity index (χ2v) is 4.99. The molecule has 0 aliphatic rings. The van der Waals surface area contributed by atoms with Crippen molar-refractivity contribution in [3.05, 3.63) is 22.7 Å². The Morgan fingerprint density at radius 1 is 1.44 bits per heavy atom. The smallest absolute Gasteiger partial charge is 0.358 e. The molecule has 0 amide bonds. The number of halogens is 1. The minimum Gasteiger partial charge on any atom is -0.458 e. The minimum absolute atomic E-state index is 0.129. The Balaban J connectivity index is 2.87. The van der Waals surface area contributed by atoms with Crippen LogP contribution in [0.1, 0.15) is 62.8 Å². The number of esters is 1. The summed E-state index contributed by atoms with van der Waals surface area (Å²) in [5.74, 6) is 0.252. The molecule has 0 bridgehead atoms. The molecule has 4 nitrogen and oxygen atoms in total. The maximum absolute atomic E-state index is 11.9. The Labute approximate surface area is 113 Å². The second kappa shape index (κ2) is 6.69. The molecule has 18 heavy (non-hydrogen) atoms. The van der Waals surface area contributed by atoms with Crippen molar-refractivity contribution in [2.75, 3.05) is 0 Å². The molecule has 0 aliphatic carbocycles. The molecule has 0 fully saturated rings. The van der Waals surface area contributed by atoms with Crippen molar-refractivity contribution >= 4 is 17.6 Å². The number of hydrogen-bond donors (Lipinski definition) is 0. The molecular formula is C13H19ClN2O2. The number of rotatable bonds is 5. The SMILES string of the molecule is CCCC(C)OC(=O)c1nc(C(C)C)ncc1Cl. The topological polar surface area (TPSA) is 52.1 Å². The van der Waals surface area contributed by atoms with Crippen LogP contribution in [0.25, 0.3) is 0 Å². The fourth-order valence-corrected chi connectivity index (χ4v) is 1.67. The lowest BCUT2D eigenvalue weighted by atomic mass is 10.2. The van der Waals surface area contributed by atoms with Crippen LogP contribution in [0.5, 0.6) is 0 Å². The third kappa shape index (κ3) is 3.95. The van der Waals surface area contributed by atoms with Crippen LogP contribution in [0.15, 0.2) is 6.20 Å². The lowest BCUT2D eigenvalue weighted by molar-refractivity contribution is 0.0316. The molecule has 0 spiro atoms. The maximum atomic E-state index is 11.9. The molecule has 0 aromatic carbocycles. The molecule has 0 saturated heterocycles. The summed E-state index contributed by atoms with van der Waals surface area (Å²) in [6, 6.07) is 0. The first-order chi connectivity index (χ1) is 8.45. The molecule has 1 atom stereocenters. The van der Waals surface area contributed by atoms with Gasteiger partial charge in [-0.3, -0.25) is 0 Å². The van der Waals surface area contributed by atoms with E-state index in [1.165, 1.54) is 6.20 Å². The Morgan fingerprint density at radius 3 is 2.67 bits per heavy atom. The summed E-state index contributed by atoms with van der Waals surface area (Å²) in [4.78, 5) is 20.2. The van der Waals surface area contributed by atoms with E-state index in [0.717, 1.165) is 12.8 Å². The zero-order chi connectivity index (χ0) is 13.7. The van der Waals surface area contributed by atoms with Crippen molar-refractivity contribution in [3.8, 4) is 0 Å². The van der Waals surface area contributed by atoms with Crippen LogP contribution in [0.4, 0.5) is 0 Å². The largest absolute Gasteiger partial charge is 0.458 e. The van der Waals surface area contributed by atoms with Crippen molar-refractivity contribution in [3.63, 3.8) is 0 Å². The highest BCUT2D eigenvalue weighted by Crippen LogP contribution is 2.18. The third-order valence-corrected chi connectivity index (χ3v) is 2.75. The average Bonchev–Trinajstić information content (AvgIpc) is 2.29. The Hall–Kier alpha value is -1.16. The van der Waals surface area contributed by atoms with Crippen LogP contribution in [-0.2, 0) is 4.74 Å². The van der Waals surface area contributed by atoms with Gasteiger partial charge in [-0.15, -0.1) is 0 Å². The highest BCUT2D eigenvalue weighted by Gasteiger charge is 2.18. The van der Waals surface area contributed by atoms with E-state index in [-0.39, 0.29) is 22.7 Å². The van der Waals surface area contributed by atoms with Gasteiger partial charge in [0, 0.05) is 5.92 Å². The summed E-state index contributed by atoms with van der Waals surface area (Å²) in [6.45, 7) is 7.81. The molecular weight excluding hydrogens is 252 g/mol. The van der Waals surface area contributed by atoms with Crippen LogP contribution in [0, 0.1) is 0 Å². The predicted octanol–water partition coefficient (Wildman–Crippen LogP) is 3.60. The first-order valence-corrected chi connectivity index (χ1v) is 6.56. The van der Waals surface area contributed by atoms with E-state index in [0.29, 0.717) is 5.82 Å². The average molecular weight is 271 g/mol. The van der Waals surface area contributed by atoms with E-state index in [4.69, 9.17) is 16.3 Å². The van der Waals surface area contributed by atoms with Gasteiger partial charge in [-0.2, -0.15) is 0 Å². The van der Waals surface area contributed by atoms with Crippen LogP contribution in [-0.4, -0.2) is 22.0 Å². The molecule has 0 aliphatic heterocycles. The first-order valence-electron chi connectivity index (χ1n) is 6.19. The minimum atomic E-state index is -0.481. The molecule has 100 valence electrons. The summed E-state index contributed by atoms with van der Waals surface area (Å²) in [5, 5.41) is 0.230. The van der Waals surface area contributed by atoms with Crippen LogP contribution >= 0.6 is 11.6 Å². The standard InChI is InChI=1S/C13H19ClN2O2/c1-5-6-9(4)18-13(17)11-10(14)7-15-12(16-11)8(2)3/h7-9H,5-6H2,1-4H3. The highest BCUT2D eigenvalue weighted by atomic mass is 35.5.